The molecule has 0 spiro atoms. The minimum Gasteiger partial charge on any atom is -0.459 e. The third-order valence-corrected chi connectivity index (χ3v) is 2.01. The van der Waals surface area contributed by atoms with Crippen LogP contribution in [0.3, 0.4) is 0 Å². The van der Waals surface area contributed by atoms with Gasteiger partial charge in [-0.2, -0.15) is 5.26 Å². The number of esters is 2. The van der Waals surface area contributed by atoms with E-state index in [0.717, 1.165) is 6.08 Å². The standard InChI is InChI=1S/C15H23NO4/c1-13(2,3)19-11(17)8-9-15(7,10-16)12(18)20-14(4,5)6/h8-9H,1-7H3/b9-8+/t15-/m0/s1. The molecule has 0 amide bonds. The van der Waals surface area contributed by atoms with Crippen molar-refractivity contribution in [3.05, 3.63) is 12.2 Å². The number of ether oxygens (including phenoxy) is 2. The smallest absolute Gasteiger partial charge is 0.331 e. The summed E-state index contributed by atoms with van der Waals surface area (Å²) in [6.45, 7) is 11.7. The van der Waals surface area contributed by atoms with Crippen molar-refractivity contribution in [3.8, 4) is 6.07 Å². The van der Waals surface area contributed by atoms with Crippen LogP contribution in [0.1, 0.15) is 48.5 Å². The molecule has 0 saturated heterocycles. The molecule has 0 bridgehead atoms. The van der Waals surface area contributed by atoms with Gasteiger partial charge in [-0.15, -0.1) is 0 Å². The summed E-state index contributed by atoms with van der Waals surface area (Å²) >= 11 is 0. The van der Waals surface area contributed by atoms with Crippen LogP contribution in [0.2, 0.25) is 0 Å². The van der Waals surface area contributed by atoms with Gasteiger partial charge in [-0.25, -0.2) is 9.59 Å². The number of hydrogen-bond acceptors (Lipinski definition) is 5. The molecule has 20 heavy (non-hydrogen) atoms. The molecule has 0 aliphatic heterocycles. The van der Waals surface area contributed by atoms with Crippen LogP contribution >= 0.6 is 0 Å². The first-order valence-corrected chi connectivity index (χ1v) is 6.36. The van der Waals surface area contributed by atoms with Gasteiger partial charge >= 0.3 is 11.9 Å². The van der Waals surface area contributed by atoms with Gasteiger partial charge in [0, 0.05) is 6.08 Å². The molecule has 0 aliphatic rings. The Balaban J connectivity index is 4.97. The van der Waals surface area contributed by atoms with Gasteiger partial charge in [0.1, 0.15) is 11.2 Å². The highest BCUT2D eigenvalue weighted by atomic mass is 16.6. The molecular formula is C15H23NO4. The van der Waals surface area contributed by atoms with E-state index in [4.69, 9.17) is 14.7 Å². The third-order valence-electron chi connectivity index (χ3n) is 2.01. The molecule has 0 rings (SSSR count). The number of carbonyl (C=O) groups excluding carboxylic acids is 2. The van der Waals surface area contributed by atoms with Crippen LogP contribution in [0.4, 0.5) is 0 Å². The minimum absolute atomic E-state index is 0.609. The van der Waals surface area contributed by atoms with E-state index in [1.54, 1.807) is 41.5 Å². The van der Waals surface area contributed by atoms with E-state index in [1.807, 2.05) is 6.07 Å². The summed E-state index contributed by atoms with van der Waals surface area (Å²) in [6.07, 6.45) is 2.29. The van der Waals surface area contributed by atoms with Gasteiger partial charge in [-0.3, -0.25) is 0 Å². The molecule has 0 aromatic rings. The van der Waals surface area contributed by atoms with Crippen molar-refractivity contribution in [2.45, 2.75) is 59.7 Å². The number of hydrogen-bond donors (Lipinski definition) is 0. The highest BCUT2D eigenvalue weighted by molar-refractivity contribution is 5.87. The van der Waals surface area contributed by atoms with Gasteiger partial charge < -0.3 is 9.47 Å². The summed E-state index contributed by atoms with van der Waals surface area (Å²) in [7, 11) is 0. The van der Waals surface area contributed by atoms with Crippen molar-refractivity contribution in [1.29, 1.82) is 5.26 Å². The zero-order valence-corrected chi connectivity index (χ0v) is 13.2. The summed E-state index contributed by atoms with van der Waals surface area (Å²) in [4.78, 5) is 23.5. The Labute approximate surface area is 120 Å². The number of carbonyl (C=O) groups is 2. The van der Waals surface area contributed by atoms with Crippen molar-refractivity contribution < 1.29 is 19.1 Å². The predicted molar refractivity (Wildman–Crippen MR) is 74.6 cm³/mol. The molecule has 1 atom stereocenters. The van der Waals surface area contributed by atoms with Crippen molar-refractivity contribution in [2.75, 3.05) is 0 Å². The van der Waals surface area contributed by atoms with Gasteiger partial charge in [0.25, 0.3) is 0 Å². The van der Waals surface area contributed by atoms with Crippen molar-refractivity contribution in [1.82, 2.24) is 0 Å². The molecule has 0 heterocycles. The second kappa shape index (κ2) is 6.08. The van der Waals surface area contributed by atoms with E-state index in [2.05, 4.69) is 0 Å². The Morgan fingerprint density at radius 2 is 1.40 bits per heavy atom. The van der Waals surface area contributed by atoms with Gasteiger partial charge in [0.15, 0.2) is 5.41 Å². The molecule has 0 unspecified atom stereocenters. The number of nitriles is 1. The van der Waals surface area contributed by atoms with Crippen LogP contribution in [0.15, 0.2) is 12.2 Å². The zero-order chi connectivity index (χ0) is 16.2. The molecule has 0 N–H and O–H groups in total. The van der Waals surface area contributed by atoms with Gasteiger partial charge in [0.2, 0.25) is 0 Å². The predicted octanol–water partition coefficient (Wildman–Crippen LogP) is 2.76. The molecule has 0 fully saturated rings. The molecule has 0 aromatic carbocycles. The van der Waals surface area contributed by atoms with E-state index in [1.165, 1.54) is 13.0 Å². The fraction of sp³-hybridized carbons (Fsp3) is 0.667. The monoisotopic (exact) mass is 281 g/mol. The van der Waals surface area contributed by atoms with E-state index >= 15 is 0 Å². The lowest BCUT2D eigenvalue weighted by Crippen LogP contribution is -2.34. The fourth-order valence-corrected chi connectivity index (χ4v) is 1.11. The first-order chi connectivity index (χ1) is 8.79. The minimum atomic E-state index is -1.52. The quantitative estimate of drug-likeness (QED) is 0.587. The lowest BCUT2D eigenvalue weighted by atomic mass is 9.92. The Morgan fingerprint density at radius 3 is 1.75 bits per heavy atom. The first-order valence-electron chi connectivity index (χ1n) is 6.36. The van der Waals surface area contributed by atoms with Gasteiger partial charge in [0.05, 0.1) is 6.07 Å². The van der Waals surface area contributed by atoms with Crippen LogP contribution in [0, 0.1) is 16.7 Å². The third kappa shape index (κ3) is 6.93. The SMILES string of the molecule is CC(C)(C)OC(=O)/C=C/[C@@](C)(C#N)C(=O)OC(C)(C)C. The van der Waals surface area contributed by atoms with E-state index in [9.17, 15) is 9.59 Å². The maximum atomic E-state index is 12.0. The van der Waals surface area contributed by atoms with Crippen LogP contribution < -0.4 is 0 Å². The molecule has 5 nitrogen and oxygen atoms in total. The Hall–Kier alpha value is -1.83. The lowest BCUT2D eigenvalue weighted by molar-refractivity contribution is -0.160. The van der Waals surface area contributed by atoms with Crippen LogP contribution in [0.25, 0.3) is 0 Å². The highest BCUT2D eigenvalue weighted by Gasteiger charge is 2.35. The zero-order valence-electron chi connectivity index (χ0n) is 13.2. The summed E-state index contributed by atoms with van der Waals surface area (Å²) in [6, 6.07) is 1.85. The topological polar surface area (TPSA) is 76.4 Å². The fourth-order valence-electron chi connectivity index (χ4n) is 1.11. The average molecular weight is 281 g/mol. The van der Waals surface area contributed by atoms with Crippen molar-refractivity contribution >= 4 is 11.9 Å². The number of nitrogens with zero attached hydrogens (tertiary/aromatic N) is 1. The molecule has 5 heteroatoms. The van der Waals surface area contributed by atoms with E-state index in [-0.39, 0.29) is 0 Å². The molecular weight excluding hydrogens is 258 g/mol. The molecule has 0 radical (unpaired) electrons. The largest absolute Gasteiger partial charge is 0.459 e. The highest BCUT2D eigenvalue weighted by Crippen LogP contribution is 2.23. The van der Waals surface area contributed by atoms with Crippen LogP contribution in [0.5, 0.6) is 0 Å². The molecule has 0 saturated carbocycles. The van der Waals surface area contributed by atoms with Gasteiger partial charge in [-0.05, 0) is 54.5 Å². The van der Waals surface area contributed by atoms with Crippen molar-refractivity contribution in [3.63, 3.8) is 0 Å². The second-order valence-electron chi connectivity index (χ2n) is 6.68. The lowest BCUT2D eigenvalue weighted by Gasteiger charge is -2.24. The first kappa shape index (κ1) is 18.2. The second-order valence-corrected chi connectivity index (χ2v) is 6.68. The van der Waals surface area contributed by atoms with Crippen LogP contribution in [-0.2, 0) is 19.1 Å². The summed E-state index contributed by atoms with van der Waals surface area (Å²) < 4.78 is 10.2. The van der Waals surface area contributed by atoms with E-state index < -0.39 is 28.6 Å². The van der Waals surface area contributed by atoms with Crippen LogP contribution in [-0.4, -0.2) is 23.1 Å². The average Bonchev–Trinajstić information content (AvgIpc) is 2.21. The summed E-state index contributed by atoms with van der Waals surface area (Å²) in [5.41, 5.74) is -2.85. The number of rotatable bonds is 3. The maximum absolute atomic E-state index is 12.0. The maximum Gasteiger partial charge on any atom is 0.331 e. The molecule has 0 aliphatic carbocycles. The van der Waals surface area contributed by atoms with E-state index in [0.29, 0.717) is 0 Å². The molecule has 112 valence electrons. The summed E-state index contributed by atoms with van der Waals surface area (Å²) in [5, 5.41) is 9.14. The van der Waals surface area contributed by atoms with Crippen molar-refractivity contribution in [2.24, 2.45) is 5.41 Å². The summed E-state index contributed by atoms with van der Waals surface area (Å²) in [5.74, 6) is -1.31. The Kier molecular flexibility index (Phi) is 5.53. The molecule has 0 aromatic heterocycles. The Bertz CT molecular complexity index is 446. The van der Waals surface area contributed by atoms with Gasteiger partial charge in [-0.1, -0.05) is 0 Å². The normalized spacial score (nSPS) is 15.3. The Morgan fingerprint density at radius 1 is 0.950 bits per heavy atom.